The molecule has 0 heterocycles. The van der Waals surface area contributed by atoms with E-state index >= 15 is 0 Å². The molecule has 2 rings (SSSR count). The van der Waals surface area contributed by atoms with Gasteiger partial charge >= 0.3 is 0 Å². The molecular weight excluding hydrogens is 268 g/mol. The van der Waals surface area contributed by atoms with Crippen LogP contribution >= 0.6 is 11.6 Å². The number of benzene rings is 1. The van der Waals surface area contributed by atoms with Crippen LogP contribution in [0.4, 0.5) is 5.69 Å². The van der Waals surface area contributed by atoms with Crippen molar-refractivity contribution in [3.63, 3.8) is 0 Å². The second-order valence-corrected chi connectivity index (χ2v) is 5.44. The first-order chi connectivity index (χ1) is 8.97. The molecule has 0 radical (unpaired) electrons. The van der Waals surface area contributed by atoms with E-state index < -0.39 is 10.8 Å². The fourth-order valence-electron chi connectivity index (χ4n) is 2.45. The van der Waals surface area contributed by atoms with Crippen LogP contribution in [-0.4, -0.2) is 16.9 Å². The lowest BCUT2D eigenvalue weighted by Gasteiger charge is -2.12. The number of hydrogen-bond donors (Lipinski definition) is 1. The number of amides is 1. The molecule has 2 unspecified atom stereocenters. The SMILES string of the molecule is CC1CCC(NC(=O)c2cc(Cl)ccc2[N+](=O)[O-])C1. The van der Waals surface area contributed by atoms with E-state index in [1.54, 1.807) is 0 Å². The van der Waals surface area contributed by atoms with Crippen molar-refractivity contribution in [2.45, 2.75) is 32.2 Å². The van der Waals surface area contributed by atoms with Gasteiger partial charge in [0.2, 0.25) is 0 Å². The number of carbonyl (C=O) groups is 1. The van der Waals surface area contributed by atoms with Crippen LogP contribution in [0.1, 0.15) is 36.5 Å². The Bertz CT molecular complexity index is 519. The van der Waals surface area contributed by atoms with Gasteiger partial charge < -0.3 is 5.32 Å². The fourth-order valence-corrected chi connectivity index (χ4v) is 2.62. The Morgan fingerprint density at radius 1 is 1.47 bits per heavy atom. The second kappa shape index (κ2) is 5.57. The quantitative estimate of drug-likeness (QED) is 0.683. The van der Waals surface area contributed by atoms with Crippen LogP contribution in [0.15, 0.2) is 18.2 Å². The van der Waals surface area contributed by atoms with Gasteiger partial charge in [0, 0.05) is 17.1 Å². The Balaban J connectivity index is 2.18. The van der Waals surface area contributed by atoms with Gasteiger partial charge in [-0.15, -0.1) is 0 Å². The van der Waals surface area contributed by atoms with Crippen molar-refractivity contribution in [1.82, 2.24) is 5.32 Å². The van der Waals surface area contributed by atoms with Gasteiger partial charge in [-0.25, -0.2) is 0 Å². The van der Waals surface area contributed by atoms with Crippen molar-refractivity contribution in [1.29, 1.82) is 0 Å². The summed E-state index contributed by atoms with van der Waals surface area (Å²) in [5, 5.41) is 14.1. The Morgan fingerprint density at radius 2 is 2.21 bits per heavy atom. The maximum atomic E-state index is 12.1. The van der Waals surface area contributed by atoms with E-state index in [4.69, 9.17) is 11.6 Å². The van der Waals surface area contributed by atoms with E-state index in [1.807, 2.05) is 0 Å². The summed E-state index contributed by atoms with van der Waals surface area (Å²) in [5.41, 5.74) is -0.190. The highest BCUT2D eigenvalue weighted by atomic mass is 35.5. The molecule has 0 aromatic heterocycles. The molecule has 2 atom stereocenters. The van der Waals surface area contributed by atoms with Crippen molar-refractivity contribution in [3.05, 3.63) is 38.9 Å². The van der Waals surface area contributed by atoms with Crippen molar-refractivity contribution in [3.8, 4) is 0 Å². The molecule has 1 N–H and O–H groups in total. The summed E-state index contributed by atoms with van der Waals surface area (Å²) in [7, 11) is 0. The largest absolute Gasteiger partial charge is 0.349 e. The zero-order valence-corrected chi connectivity index (χ0v) is 11.3. The second-order valence-electron chi connectivity index (χ2n) is 5.01. The normalized spacial score (nSPS) is 22.2. The number of carbonyl (C=O) groups excluding carboxylic acids is 1. The van der Waals surface area contributed by atoms with E-state index in [9.17, 15) is 14.9 Å². The molecule has 0 spiro atoms. The number of nitrogens with zero attached hydrogens (tertiary/aromatic N) is 1. The van der Waals surface area contributed by atoms with E-state index in [2.05, 4.69) is 12.2 Å². The number of halogens is 1. The number of rotatable bonds is 3. The molecule has 0 bridgehead atoms. The van der Waals surface area contributed by atoms with Gasteiger partial charge in [0.25, 0.3) is 11.6 Å². The van der Waals surface area contributed by atoms with Crippen LogP contribution in [0.5, 0.6) is 0 Å². The highest BCUT2D eigenvalue weighted by Crippen LogP contribution is 2.26. The zero-order valence-electron chi connectivity index (χ0n) is 10.6. The molecule has 0 aliphatic heterocycles. The maximum Gasteiger partial charge on any atom is 0.282 e. The van der Waals surface area contributed by atoms with Gasteiger partial charge in [-0.2, -0.15) is 0 Å². The van der Waals surface area contributed by atoms with Gasteiger partial charge in [-0.1, -0.05) is 18.5 Å². The first kappa shape index (κ1) is 13.8. The lowest BCUT2D eigenvalue weighted by molar-refractivity contribution is -0.385. The maximum absolute atomic E-state index is 12.1. The molecule has 1 aromatic carbocycles. The standard InChI is InChI=1S/C13H15ClN2O3/c1-8-2-4-10(6-8)15-13(17)11-7-9(14)3-5-12(11)16(18)19/h3,5,7-8,10H,2,4,6H2,1H3,(H,15,17). The molecule has 5 nitrogen and oxygen atoms in total. The van der Waals surface area contributed by atoms with Crippen molar-refractivity contribution in [2.24, 2.45) is 5.92 Å². The molecule has 1 aliphatic carbocycles. The monoisotopic (exact) mass is 282 g/mol. The third kappa shape index (κ3) is 3.23. The Labute approximate surface area is 116 Å². The summed E-state index contributed by atoms with van der Waals surface area (Å²) in [4.78, 5) is 22.5. The molecule has 19 heavy (non-hydrogen) atoms. The molecule has 102 valence electrons. The Kier molecular flexibility index (Phi) is 4.04. The number of nitrogens with one attached hydrogen (secondary N) is 1. The summed E-state index contributed by atoms with van der Waals surface area (Å²) in [6, 6.07) is 4.11. The van der Waals surface area contributed by atoms with Crippen LogP contribution < -0.4 is 5.32 Å². The molecule has 1 aromatic rings. The first-order valence-electron chi connectivity index (χ1n) is 6.22. The first-order valence-corrected chi connectivity index (χ1v) is 6.60. The third-order valence-corrected chi connectivity index (χ3v) is 3.67. The third-order valence-electron chi connectivity index (χ3n) is 3.43. The van der Waals surface area contributed by atoms with Crippen molar-refractivity contribution < 1.29 is 9.72 Å². The van der Waals surface area contributed by atoms with E-state index in [-0.39, 0.29) is 17.3 Å². The molecule has 1 amide bonds. The summed E-state index contributed by atoms with van der Waals surface area (Å²) in [6.07, 6.45) is 2.91. The van der Waals surface area contributed by atoms with Crippen LogP contribution in [0.2, 0.25) is 5.02 Å². The topological polar surface area (TPSA) is 72.2 Å². The minimum Gasteiger partial charge on any atom is -0.349 e. The van der Waals surface area contributed by atoms with Crippen molar-refractivity contribution >= 4 is 23.2 Å². The molecule has 1 fully saturated rings. The summed E-state index contributed by atoms with van der Waals surface area (Å²) >= 11 is 5.80. The van der Waals surface area contributed by atoms with Gasteiger partial charge in [-0.3, -0.25) is 14.9 Å². The minimum atomic E-state index is -0.567. The number of nitro groups is 1. The van der Waals surface area contributed by atoms with Gasteiger partial charge in [0.05, 0.1) is 4.92 Å². The summed E-state index contributed by atoms with van der Waals surface area (Å²) < 4.78 is 0. The predicted molar refractivity (Wildman–Crippen MR) is 72.4 cm³/mol. The molecule has 6 heteroatoms. The minimum absolute atomic E-state index is 0.0250. The van der Waals surface area contributed by atoms with E-state index in [0.29, 0.717) is 10.9 Å². The summed E-state index contributed by atoms with van der Waals surface area (Å²) in [5.74, 6) is 0.160. The van der Waals surface area contributed by atoms with Gasteiger partial charge in [-0.05, 0) is 37.3 Å². The van der Waals surface area contributed by atoms with Crippen LogP contribution in [0.3, 0.4) is 0 Å². The molecule has 0 saturated heterocycles. The highest BCUT2D eigenvalue weighted by molar-refractivity contribution is 6.31. The Hall–Kier alpha value is -1.62. The van der Waals surface area contributed by atoms with Gasteiger partial charge in [0.1, 0.15) is 5.56 Å². The van der Waals surface area contributed by atoms with Gasteiger partial charge in [0.15, 0.2) is 0 Å². The lowest BCUT2D eigenvalue weighted by Crippen LogP contribution is -2.33. The zero-order chi connectivity index (χ0) is 14.0. The van der Waals surface area contributed by atoms with Crippen LogP contribution in [0, 0.1) is 16.0 Å². The fraction of sp³-hybridized carbons (Fsp3) is 0.462. The van der Waals surface area contributed by atoms with E-state index in [0.717, 1.165) is 19.3 Å². The van der Waals surface area contributed by atoms with Crippen LogP contribution in [-0.2, 0) is 0 Å². The average molecular weight is 283 g/mol. The van der Waals surface area contributed by atoms with E-state index in [1.165, 1.54) is 18.2 Å². The molecule has 1 saturated carbocycles. The average Bonchev–Trinajstić information content (AvgIpc) is 2.74. The highest BCUT2D eigenvalue weighted by Gasteiger charge is 2.26. The molecule has 1 aliphatic rings. The van der Waals surface area contributed by atoms with Crippen LogP contribution in [0.25, 0.3) is 0 Å². The lowest BCUT2D eigenvalue weighted by atomic mass is 10.1. The smallest absolute Gasteiger partial charge is 0.282 e. The summed E-state index contributed by atoms with van der Waals surface area (Å²) in [6.45, 7) is 2.13. The predicted octanol–water partition coefficient (Wildman–Crippen LogP) is 3.17. The molecular formula is C13H15ClN2O3. The van der Waals surface area contributed by atoms with Crippen molar-refractivity contribution in [2.75, 3.05) is 0 Å². The Morgan fingerprint density at radius 3 is 2.79 bits per heavy atom. The number of nitro benzene ring substituents is 1. The number of hydrogen-bond acceptors (Lipinski definition) is 3.